The first kappa shape index (κ1) is 18.0. The quantitative estimate of drug-likeness (QED) is 0.210. The lowest BCUT2D eigenvalue weighted by atomic mass is 9.99. The molecule has 0 bridgehead atoms. The molecule has 4 aromatic heterocycles. The molecule has 0 aliphatic carbocycles. The normalized spacial score (nSPS) is 12.6. The van der Waals surface area contributed by atoms with Gasteiger partial charge in [-0.1, -0.05) is 54.6 Å². The summed E-state index contributed by atoms with van der Waals surface area (Å²) in [7, 11) is 0. The largest absolute Gasteiger partial charge is 0.456 e. The monoisotopic (exact) mass is 464 g/mol. The van der Waals surface area contributed by atoms with Crippen molar-refractivity contribution in [1.29, 1.82) is 0 Å². The molecule has 0 saturated carbocycles. The number of para-hydroxylation sites is 3. The Bertz CT molecular complexity index is 2330. The minimum Gasteiger partial charge on any atom is -0.456 e. The summed E-state index contributed by atoms with van der Waals surface area (Å²) in [5.74, 6) is 0. The van der Waals surface area contributed by atoms with Crippen LogP contribution >= 0.6 is 11.3 Å². The van der Waals surface area contributed by atoms with E-state index in [9.17, 15) is 0 Å². The molecule has 3 nitrogen and oxygen atoms in total. The number of rotatable bonds is 0. The number of imidazole rings is 1. The summed E-state index contributed by atoms with van der Waals surface area (Å²) >= 11 is 1.88. The number of pyridine rings is 1. The van der Waals surface area contributed by atoms with Crippen molar-refractivity contribution in [2.75, 3.05) is 0 Å². The van der Waals surface area contributed by atoms with Gasteiger partial charge in [0.1, 0.15) is 16.8 Å². The van der Waals surface area contributed by atoms with E-state index in [1.807, 2.05) is 23.5 Å². The van der Waals surface area contributed by atoms with Crippen LogP contribution in [0.3, 0.4) is 0 Å². The lowest BCUT2D eigenvalue weighted by Gasteiger charge is -2.11. The molecule has 4 heteroatoms. The van der Waals surface area contributed by atoms with Crippen LogP contribution in [0, 0.1) is 0 Å². The average Bonchev–Trinajstić information content (AvgIpc) is 3.59. The number of furan rings is 1. The summed E-state index contributed by atoms with van der Waals surface area (Å²) in [6.07, 6.45) is 0. The predicted molar refractivity (Wildman–Crippen MR) is 148 cm³/mol. The Kier molecular flexibility index (Phi) is 3.17. The van der Waals surface area contributed by atoms with E-state index < -0.39 is 0 Å². The summed E-state index contributed by atoms with van der Waals surface area (Å²) < 4.78 is 11.3. The van der Waals surface area contributed by atoms with Gasteiger partial charge in [0.15, 0.2) is 0 Å². The third-order valence-corrected chi connectivity index (χ3v) is 8.57. The van der Waals surface area contributed by atoms with Crippen molar-refractivity contribution >= 4 is 91.8 Å². The molecule has 162 valence electrons. The van der Waals surface area contributed by atoms with Crippen LogP contribution in [0.4, 0.5) is 0 Å². The second-order valence-corrected chi connectivity index (χ2v) is 10.2. The second-order valence-electron chi connectivity index (χ2n) is 9.15. The Balaban J connectivity index is 1.69. The molecular weight excluding hydrogens is 448 g/mol. The van der Waals surface area contributed by atoms with Gasteiger partial charge in [0.25, 0.3) is 0 Å². The number of thiophene rings is 1. The van der Waals surface area contributed by atoms with E-state index in [-0.39, 0.29) is 0 Å². The lowest BCUT2D eigenvalue weighted by Crippen LogP contribution is -1.92. The molecule has 0 saturated heterocycles. The Morgan fingerprint density at radius 3 is 2.34 bits per heavy atom. The van der Waals surface area contributed by atoms with Gasteiger partial charge in [0.05, 0.1) is 16.6 Å². The molecule has 35 heavy (non-hydrogen) atoms. The van der Waals surface area contributed by atoms with Crippen LogP contribution < -0.4 is 0 Å². The van der Waals surface area contributed by atoms with Crippen LogP contribution in [0.2, 0.25) is 0 Å². The van der Waals surface area contributed by atoms with Gasteiger partial charge in [-0.2, -0.15) is 0 Å². The number of hydrogen-bond acceptors (Lipinski definition) is 3. The van der Waals surface area contributed by atoms with Crippen LogP contribution in [0.25, 0.3) is 80.5 Å². The van der Waals surface area contributed by atoms with Crippen LogP contribution in [0.5, 0.6) is 0 Å². The van der Waals surface area contributed by atoms with Gasteiger partial charge < -0.3 is 4.42 Å². The van der Waals surface area contributed by atoms with Gasteiger partial charge in [0.2, 0.25) is 0 Å². The fraction of sp³-hybridized carbons (Fsp3) is 0. The Morgan fingerprint density at radius 1 is 0.571 bits per heavy atom. The Labute approximate surface area is 202 Å². The van der Waals surface area contributed by atoms with E-state index in [2.05, 4.69) is 89.3 Å². The number of hydrogen-bond donors (Lipinski definition) is 0. The summed E-state index contributed by atoms with van der Waals surface area (Å²) in [5, 5.41) is 8.54. The highest BCUT2D eigenvalue weighted by Crippen LogP contribution is 2.45. The molecule has 0 atom stereocenters. The maximum atomic E-state index is 6.30. The fourth-order valence-corrected chi connectivity index (χ4v) is 7.18. The zero-order valence-corrected chi connectivity index (χ0v) is 19.3. The minimum atomic E-state index is 0.899. The standard InChI is InChI=1S/C31H16N2OS/c1-5-11-24-19(8-1)28-25(34-24)16-14-20-27-23(15-13-18-17-7-2-6-12-26(17)35-30(18)27)33-22-10-4-3-9-21(22)32-31(33)29(20)28/h1-16H. The molecular formula is C31H16N2OS. The van der Waals surface area contributed by atoms with Crippen molar-refractivity contribution in [3.8, 4) is 0 Å². The van der Waals surface area contributed by atoms with Gasteiger partial charge in [-0.15, -0.1) is 11.3 Å². The third-order valence-electron chi connectivity index (χ3n) is 7.36. The first-order chi connectivity index (χ1) is 17.4. The smallest absolute Gasteiger partial charge is 0.147 e. The lowest BCUT2D eigenvalue weighted by molar-refractivity contribution is 0.669. The number of aromatic nitrogens is 2. The van der Waals surface area contributed by atoms with E-state index in [0.29, 0.717) is 0 Å². The van der Waals surface area contributed by atoms with Crippen molar-refractivity contribution in [3.05, 3.63) is 97.1 Å². The Morgan fingerprint density at radius 2 is 1.37 bits per heavy atom. The maximum absolute atomic E-state index is 6.30. The van der Waals surface area contributed by atoms with Crippen LogP contribution in [-0.2, 0) is 0 Å². The van der Waals surface area contributed by atoms with E-state index in [1.165, 1.54) is 36.5 Å². The molecule has 0 radical (unpaired) electrons. The van der Waals surface area contributed by atoms with Gasteiger partial charge in [-0.05, 0) is 47.9 Å². The van der Waals surface area contributed by atoms with Gasteiger partial charge in [-0.25, -0.2) is 4.98 Å². The van der Waals surface area contributed by atoms with Crippen molar-refractivity contribution in [1.82, 2.24) is 9.38 Å². The van der Waals surface area contributed by atoms with Crippen LogP contribution in [0.1, 0.15) is 0 Å². The maximum Gasteiger partial charge on any atom is 0.147 e. The molecule has 0 N–H and O–H groups in total. The minimum absolute atomic E-state index is 0.899. The molecule has 0 fully saturated rings. The predicted octanol–water partition coefficient (Wildman–Crippen LogP) is 9.06. The van der Waals surface area contributed by atoms with Crippen LogP contribution in [-0.4, -0.2) is 9.38 Å². The molecule has 9 aromatic rings. The van der Waals surface area contributed by atoms with E-state index in [1.54, 1.807) is 0 Å². The highest BCUT2D eigenvalue weighted by molar-refractivity contribution is 7.26. The number of nitrogens with zero attached hydrogens (tertiary/aromatic N) is 2. The molecule has 0 spiro atoms. The zero-order valence-electron chi connectivity index (χ0n) is 18.4. The molecule has 5 aromatic carbocycles. The summed E-state index contributed by atoms with van der Waals surface area (Å²) in [6, 6.07) is 34.4. The fourth-order valence-electron chi connectivity index (χ4n) is 5.92. The number of fused-ring (bicyclic) bond motifs is 16. The average molecular weight is 465 g/mol. The van der Waals surface area contributed by atoms with Gasteiger partial charge in [-0.3, -0.25) is 4.40 Å². The first-order valence-corrected chi connectivity index (χ1v) is 12.6. The van der Waals surface area contributed by atoms with E-state index in [0.717, 1.165) is 44.0 Å². The SMILES string of the molecule is c1ccc2c(c1)nc1c3c(ccc4oc5ccccc5c43)c3c4sc5ccccc5c4ccc3n21. The highest BCUT2D eigenvalue weighted by Gasteiger charge is 2.21. The van der Waals surface area contributed by atoms with Crippen molar-refractivity contribution in [2.24, 2.45) is 0 Å². The molecule has 9 rings (SSSR count). The number of benzene rings is 5. The van der Waals surface area contributed by atoms with Crippen molar-refractivity contribution in [3.63, 3.8) is 0 Å². The topological polar surface area (TPSA) is 30.4 Å². The molecule has 0 unspecified atom stereocenters. The zero-order chi connectivity index (χ0) is 22.7. The van der Waals surface area contributed by atoms with Gasteiger partial charge >= 0.3 is 0 Å². The van der Waals surface area contributed by atoms with Crippen LogP contribution in [0.15, 0.2) is 101 Å². The Hall–Kier alpha value is -4.41. The first-order valence-electron chi connectivity index (χ1n) is 11.7. The molecule has 0 aliphatic heterocycles. The van der Waals surface area contributed by atoms with Gasteiger partial charge in [0, 0.05) is 41.7 Å². The van der Waals surface area contributed by atoms with E-state index in [4.69, 9.17) is 9.40 Å². The second kappa shape index (κ2) is 6.17. The van der Waals surface area contributed by atoms with E-state index >= 15 is 0 Å². The summed E-state index contributed by atoms with van der Waals surface area (Å²) in [6.45, 7) is 0. The molecule has 4 heterocycles. The highest BCUT2D eigenvalue weighted by atomic mass is 32.1. The molecule has 0 amide bonds. The molecule has 0 aliphatic rings. The van der Waals surface area contributed by atoms with Crippen molar-refractivity contribution < 1.29 is 4.42 Å². The summed E-state index contributed by atoms with van der Waals surface area (Å²) in [5.41, 5.74) is 6.10. The van der Waals surface area contributed by atoms with Crippen molar-refractivity contribution in [2.45, 2.75) is 0 Å². The third kappa shape index (κ3) is 2.14. The summed E-state index contributed by atoms with van der Waals surface area (Å²) in [4.78, 5) is 5.18.